The van der Waals surface area contributed by atoms with E-state index in [-0.39, 0.29) is 11.8 Å². The summed E-state index contributed by atoms with van der Waals surface area (Å²) in [7, 11) is 1.56. The van der Waals surface area contributed by atoms with Crippen molar-refractivity contribution in [3.8, 4) is 5.75 Å². The highest BCUT2D eigenvalue weighted by Crippen LogP contribution is 2.35. The Morgan fingerprint density at radius 2 is 1.88 bits per heavy atom. The van der Waals surface area contributed by atoms with Gasteiger partial charge in [-0.25, -0.2) is 0 Å². The van der Waals surface area contributed by atoms with Crippen LogP contribution in [0.15, 0.2) is 48.5 Å². The van der Waals surface area contributed by atoms with Crippen LogP contribution in [0.2, 0.25) is 0 Å². The Bertz CT molecular complexity index is 781. The van der Waals surface area contributed by atoms with Gasteiger partial charge >= 0.3 is 0 Å². The van der Waals surface area contributed by atoms with Crippen LogP contribution in [0.25, 0.3) is 0 Å². The standard InChI is InChI=1S/C20H21N3O2/c1-25-19-11-16(7-8-17(19)15(12-21)13-22)23-10-9-18(20(23)24)14-5-3-2-4-6-14/h2-8,11-13,15,18,21-22H,9-10H2,1H3. The van der Waals surface area contributed by atoms with E-state index in [2.05, 4.69) is 0 Å². The lowest BCUT2D eigenvalue weighted by Crippen LogP contribution is -2.26. The zero-order valence-electron chi connectivity index (χ0n) is 14.1. The number of ether oxygens (including phenoxy) is 1. The third-order valence-corrected chi connectivity index (χ3v) is 4.65. The monoisotopic (exact) mass is 335 g/mol. The van der Waals surface area contributed by atoms with E-state index in [1.807, 2.05) is 48.5 Å². The van der Waals surface area contributed by atoms with Gasteiger partial charge in [-0.2, -0.15) is 0 Å². The number of benzene rings is 2. The van der Waals surface area contributed by atoms with Crippen LogP contribution in [0, 0.1) is 10.8 Å². The Morgan fingerprint density at radius 3 is 2.52 bits per heavy atom. The SMILES string of the molecule is COc1cc(N2CCC(c3ccccc3)C2=O)ccc1C(C=N)C=N. The summed E-state index contributed by atoms with van der Waals surface area (Å²) in [4.78, 5) is 14.6. The maximum absolute atomic E-state index is 12.8. The Labute approximate surface area is 147 Å². The molecule has 5 heteroatoms. The van der Waals surface area contributed by atoms with Crippen molar-refractivity contribution < 1.29 is 9.53 Å². The first-order valence-corrected chi connectivity index (χ1v) is 8.25. The van der Waals surface area contributed by atoms with E-state index >= 15 is 0 Å². The Kier molecular flexibility index (Phi) is 4.93. The molecule has 1 unspecified atom stereocenters. The van der Waals surface area contributed by atoms with E-state index < -0.39 is 5.92 Å². The van der Waals surface area contributed by atoms with Gasteiger partial charge in [0, 0.05) is 36.3 Å². The summed E-state index contributed by atoms with van der Waals surface area (Å²) in [5, 5.41) is 14.9. The molecule has 0 aromatic heterocycles. The summed E-state index contributed by atoms with van der Waals surface area (Å²) < 4.78 is 5.43. The van der Waals surface area contributed by atoms with Gasteiger partial charge in [0.05, 0.1) is 18.9 Å². The molecule has 0 spiro atoms. The van der Waals surface area contributed by atoms with Crippen molar-refractivity contribution in [1.29, 1.82) is 10.8 Å². The largest absolute Gasteiger partial charge is 0.496 e. The van der Waals surface area contributed by atoms with Gasteiger partial charge in [-0.05, 0) is 18.1 Å². The number of anilines is 1. The summed E-state index contributed by atoms with van der Waals surface area (Å²) in [5.74, 6) is 0.153. The normalized spacial score (nSPS) is 18.0. The molecule has 1 saturated heterocycles. The van der Waals surface area contributed by atoms with Gasteiger partial charge in [-0.1, -0.05) is 36.4 Å². The van der Waals surface area contributed by atoms with Crippen molar-refractivity contribution in [2.24, 2.45) is 0 Å². The number of carbonyl (C=O) groups excluding carboxylic acids is 1. The first kappa shape index (κ1) is 16.9. The highest BCUT2D eigenvalue weighted by atomic mass is 16.5. The second-order valence-electron chi connectivity index (χ2n) is 6.03. The van der Waals surface area contributed by atoms with Gasteiger partial charge < -0.3 is 20.5 Å². The quantitative estimate of drug-likeness (QED) is 0.791. The molecule has 5 nitrogen and oxygen atoms in total. The van der Waals surface area contributed by atoms with Crippen molar-refractivity contribution in [2.45, 2.75) is 18.3 Å². The number of methoxy groups -OCH3 is 1. The number of nitrogens with one attached hydrogen (secondary N) is 2. The van der Waals surface area contributed by atoms with Crippen LogP contribution in [0.4, 0.5) is 5.69 Å². The lowest BCUT2D eigenvalue weighted by Gasteiger charge is -2.20. The highest BCUT2D eigenvalue weighted by Gasteiger charge is 2.33. The number of rotatable bonds is 6. The molecule has 2 aromatic carbocycles. The molecule has 2 N–H and O–H groups in total. The van der Waals surface area contributed by atoms with Gasteiger partial charge in [0.1, 0.15) is 5.75 Å². The molecular weight excluding hydrogens is 314 g/mol. The van der Waals surface area contributed by atoms with E-state index in [4.69, 9.17) is 15.6 Å². The topological polar surface area (TPSA) is 77.2 Å². The molecule has 1 atom stereocenters. The number of amides is 1. The van der Waals surface area contributed by atoms with E-state index in [1.165, 1.54) is 12.4 Å². The first-order chi connectivity index (χ1) is 12.2. The summed E-state index contributed by atoms with van der Waals surface area (Å²) in [6.07, 6.45) is 3.20. The lowest BCUT2D eigenvalue weighted by molar-refractivity contribution is -0.118. The zero-order chi connectivity index (χ0) is 17.8. The molecule has 0 aliphatic carbocycles. The van der Waals surface area contributed by atoms with Crippen LogP contribution in [-0.2, 0) is 4.79 Å². The summed E-state index contributed by atoms with van der Waals surface area (Å²) in [6.45, 7) is 0.666. The van der Waals surface area contributed by atoms with E-state index in [1.54, 1.807) is 12.0 Å². The summed E-state index contributed by atoms with van der Waals surface area (Å²) >= 11 is 0. The van der Waals surface area contributed by atoms with E-state index in [0.29, 0.717) is 12.3 Å². The van der Waals surface area contributed by atoms with Crippen molar-refractivity contribution in [3.05, 3.63) is 59.7 Å². The van der Waals surface area contributed by atoms with Crippen LogP contribution < -0.4 is 9.64 Å². The van der Waals surface area contributed by atoms with Gasteiger partial charge in [0.2, 0.25) is 5.91 Å². The average Bonchev–Trinajstić information content (AvgIpc) is 3.05. The molecule has 1 aliphatic heterocycles. The maximum Gasteiger partial charge on any atom is 0.234 e. The maximum atomic E-state index is 12.8. The van der Waals surface area contributed by atoms with Crippen LogP contribution in [0.5, 0.6) is 5.75 Å². The Balaban J connectivity index is 1.89. The van der Waals surface area contributed by atoms with Crippen molar-refractivity contribution in [3.63, 3.8) is 0 Å². The minimum Gasteiger partial charge on any atom is -0.496 e. The first-order valence-electron chi connectivity index (χ1n) is 8.25. The Morgan fingerprint density at radius 1 is 1.16 bits per heavy atom. The van der Waals surface area contributed by atoms with E-state index in [0.717, 1.165) is 23.2 Å². The van der Waals surface area contributed by atoms with Gasteiger partial charge in [-0.3, -0.25) is 4.79 Å². The van der Waals surface area contributed by atoms with Crippen LogP contribution >= 0.6 is 0 Å². The van der Waals surface area contributed by atoms with Crippen molar-refractivity contribution >= 4 is 24.0 Å². The summed E-state index contributed by atoms with van der Waals surface area (Å²) in [5.41, 5.74) is 2.59. The second-order valence-corrected chi connectivity index (χ2v) is 6.03. The van der Waals surface area contributed by atoms with Crippen molar-refractivity contribution in [2.75, 3.05) is 18.6 Å². The Hall–Kier alpha value is -2.95. The predicted octanol–water partition coefficient (Wildman–Crippen LogP) is 3.60. The number of hydrogen-bond acceptors (Lipinski definition) is 4. The molecule has 2 aromatic rings. The van der Waals surface area contributed by atoms with Gasteiger partial charge in [0.25, 0.3) is 0 Å². The fourth-order valence-corrected chi connectivity index (χ4v) is 3.30. The summed E-state index contributed by atoms with van der Waals surface area (Å²) in [6, 6.07) is 15.4. The number of nitrogens with zero attached hydrogens (tertiary/aromatic N) is 1. The average molecular weight is 335 g/mol. The molecule has 0 bridgehead atoms. The van der Waals surface area contributed by atoms with Crippen LogP contribution in [-0.4, -0.2) is 32.0 Å². The molecule has 1 fully saturated rings. The van der Waals surface area contributed by atoms with Gasteiger partial charge in [0.15, 0.2) is 0 Å². The van der Waals surface area contributed by atoms with Crippen LogP contribution in [0.3, 0.4) is 0 Å². The molecule has 1 heterocycles. The minimum absolute atomic E-state index is 0.0941. The number of hydrogen-bond donors (Lipinski definition) is 2. The smallest absolute Gasteiger partial charge is 0.234 e. The molecule has 0 radical (unpaired) electrons. The molecular formula is C20H21N3O2. The zero-order valence-corrected chi connectivity index (χ0v) is 14.1. The second kappa shape index (κ2) is 7.30. The fraction of sp³-hybridized carbons (Fsp3) is 0.250. The number of carbonyl (C=O) groups is 1. The third kappa shape index (κ3) is 3.18. The van der Waals surface area contributed by atoms with E-state index in [9.17, 15) is 4.79 Å². The molecule has 1 amide bonds. The molecule has 1 aliphatic rings. The minimum atomic E-state index is -0.421. The molecule has 128 valence electrons. The molecule has 3 rings (SSSR count). The van der Waals surface area contributed by atoms with Gasteiger partial charge in [-0.15, -0.1) is 0 Å². The van der Waals surface area contributed by atoms with Crippen molar-refractivity contribution in [1.82, 2.24) is 0 Å². The van der Waals surface area contributed by atoms with Crippen LogP contribution in [0.1, 0.15) is 29.4 Å². The predicted molar refractivity (Wildman–Crippen MR) is 99.5 cm³/mol. The molecule has 0 saturated carbocycles. The fourth-order valence-electron chi connectivity index (χ4n) is 3.30. The molecule has 25 heavy (non-hydrogen) atoms. The third-order valence-electron chi connectivity index (χ3n) is 4.65. The highest BCUT2D eigenvalue weighted by molar-refractivity contribution is 6.00. The lowest BCUT2D eigenvalue weighted by atomic mass is 9.98.